The Balaban J connectivity index is 2.34. The number of hydrogen-bond donors (Lipinski definition) is 0. The first-order valence-electron chi connectivity index (χ1n) is 4.17. The summed E-state index contributed by atoms with van der Waals surface area (Å²) >= 11 is 1.03. The van der Waals surface area contributed by atoms with Gasteiger partial charge in [0.15, 0.2) is 0 Å². The molecule has 0 aliphatic rings. The molecule has 0 N–H and O–H groups in total. The lowest BCUT2D eigenvalue weighted by Gasteiger charge is -2.11. The molecule has 1 aromatic heterocycles. The molecule has 2 rings (SSSR count). The number of para-hydroxylation sites is 1. The second kappa shape index (κ2) is 4.09. The van der Waals surface area contributed by atoms with E-state index in [2.05, 4.69) is 10.2 Å². The average Bonchev–Trinajstić information content (AvgIpc) is 2.70. The van der Waals surface area contributed by atoms with Crippen molar-refractivity contribution in [3.63, 3.8) is 0 Å². The van der Waals surface area contributed by atoms with Gasteiger partial charge in [0.05, 0.1) is 5.56 Å². The van der Waals surface area contributed by atoms with Crippen LogP contribution in [0.1, 0.15) is 5.56 Å². The molecule has 16 heavy (non-hydrogen) atoms. The lowest BCUT2D eigenvalue weighted by atomic mass is 10.2. The molecule has 0 bridgehead atoms. The molecule has 1 heterocycles. The standard InChI is InChI=1S/C9H5F3N2OS/c10-9(11,12)6-3-1-2-4-7(6)15-8-14-13-5-16-8/h1-5H. The molecule has 0 fully saturated rings. The quantitative estimate of drug-likeness (QED) is 0.815. The number of benzene rings is 1. The van der Waals surface area contributed by atoms with Crippen LogP contribution in [0.2, 0.25) is 0 Å². The Bertz CT molecular complexity index is 470. The maximum absolute atomic E-state index is 12.6. The summed E-state index contributed by atoms with van der Waals surface area (Å²) in [5.41, 5.74) is 0.552. The monoisotopic (exact) mass is 246 g/mol. The minimum absolute atomic E-state index is 0.0803. The third kappa shape index (κ3) is 2.30. The van der Waals surface area contributed by atoms with Gasteiger partial charge in [-0.05, 0) is 12.1 Å². The van der Waals surface area contributed by atoms with Crippen molar-refractivity contribution < 1.29 is 17.9 Å². The topological polar surface area (TPSA) is 35.0 Å². The van der Waals surface area contributed by atoms with Crippen LogP contribution in [0.15, 0.2) is 29.8 Å². The van der Waals surface area contributed by atoms with E-state index >= 15 is 0 Å². The summed E-state index contributed by atoms with van der Waals surface area (Å²) in [6.45, 7) is 0. The van der Waals surface area contributed by atoms with Crippen molar-refractivity contribution in [1.82, 2.24) is 10.2 Å². The van der Waals surface area contributed by atoms with Gasteiger partial charge >= 0.3 is 6.18 Å². The fourth-order valence-corrected chi connectivity index (χ4v) is 1.51. The first kappa shape index (κ1) is 10.9. The Kier molecular flexibility index (Phi) is 2.78. The van der Waals surface area contributed by atoms with Crippen molar-refractivity contribution in [2.45, 2.75) is 6.18 Å². The Labute approximate surface area is 92.5 Å². The van der Waals surface area contributed by atoms with Gasteiger partial charge in [0.25, 0.3) is 5.19 Å². The van der Waals surface area contributed by atoms with Crippen LogP contribution in [0.3, 0.4) is 0 Å². The molecular weight excluding hydrogens is 241 g/mol. The Morgan fingerprint density at radius 3 is 2.56 bits per heavy atom. The summed E-state index contributed by atoms with van der Waals surface area (Å²) in [5, 5.41) is 7.07. The number of ether oxygens (including phenoxy) is 1. The fourth-order valence-electron chi connectivity index (χ4n) is 1.09. The maximum atomic E-state index is 12.6. The number of halogens is 3. The molecule has 0 aliphatic heterocycles. The predicted molar refractivity (Wildman–Crippen MR) is 51.4 cm³/mol. The zero-order valence-electron chi connectivity index (χ0n) is 7.73. The number of rotatable bonds is 2. The van der Waals surface area contributed by atoms with Gasteiger partial charge in [-0.3, -0.25) is 0 Å². The normalized spacial score (nSPS) is 11.4. The van der Waals surface area contributed by atoms with Crippen molar-refractivity contribution in [3.8, 4) is 10.9 Å². The molecule has 0 unspecified atom stereocenters. The van der Waals surface area contributed by atoms with E-state index in [-0.39, 0.29) is 10.9 Å². The second-order valence-corrected chi connectivity index (χ2v) is 3.60. The van der Waals surface area contributed by atoms with Gasteiger partial charge in [0, 0.05) is 0 Å². The van der Waals surface area contributed by atoms with Crippen LogP contribution in [0.25, 0.3) is 0 Å². The van der Waals surface area contributed by atoms with Gasteiger partial charge in [-0.2, -0.15) is 13.2 Å². The van der Waals surface area contributed by atoms with Gasteiger partial charge in [0.2, 0.25) is 0 Å². The highest BCUT2D eigenvalue weighted by molar-refractivity contribution is 7.11. The molecule has 0 saturated heterocycles. The summed E-state index contributed by atoms with van der Waals surface area (Å²) in [5.74, 6) is -0.272. The van der Waals surface area contributed by atoms with Crippen LogP contribution in [-0.4, -0.2) is 10.2 Å². The first-order valence-corrected chi connectivity index (χ1v) is 5.05. The Morgan fingerprint density at radius 2 is 1.94 bits per heavy atom. The lowest BCUT2D eigenvalue weighted by Crippen LogP contribution is -2.06. The molecule has 0 amide bonds. The van der Waals surface area contributed by atoms with Crippen LogP contribution < -0.4 is 4.74 Å². The van der Waals surface area contributed by atoms with Gasteiger partial charge in [-0.1, -0.05) is 28.6 Å². The molecule has 0 radical (unpaired) electrons. The molecule has 0 saturated carbocycles. The van der Waals surface area contributed by atoms with Gasteiger partial charge in [-0.15, -0.1) is 5.10 Å². The number of hydrogen-bond acceptors (Lipinski definition) is 4. The molecule has 2 aromatic rings. The van der Waals surface area contributed by atoms with Crippen molar-refractivity contribution in [2.75, 3.05) is 0 Å². The summed E-state index contributed by atoms with van der Waals surface area (Å²) in [7, 11) is 0. The SMILES string of the molecule is FC(F)(F)c1ccccc1Oc1nncs1. The van der Waals surface area contributed by atoms with E-state index in [1.54, 1.807) is 0 Å². The van der Waals surface area contributed by atoms with E-state index < -0.39 is 11.7 Å². The number of nitrogens with zero attached hydrogens (tertiary/aromatic N) is 2. The van der Waals surface area contributed by atoms with Crippen molar-refractivity contribution in [3.05, 3.63) is 35.3 Å². The second-order valence-electron chi connectivity index (χ2n) is 2.80. The molecule has 0 spiro atoms. The smallest absolute Gasteiger partial charge is 0.419 e. The third-order valence-electron chi connectivity index (χ3n) is 1.73. The highest BCUT2D eigenvalue weighted by Gasteiger charge is 2.34. The summed E-state index contributed by atoms with van der Waals surface area (Å²) in [6, 6.07) is 4.96. The van der Waals surface area contributed by atoms with Crippen LogP contribution in [0.4, 0.5) is 13.2 Å². The Morgan fingerprint density at radius 1 is 1.19 bits per heavy atom. The molecule has 1 aromatic carbocycles. The number of aromatic nitrogens is 2. The minimum Gasteiger partial charge on any atom is -0.429 e. The van der Waals surface area contributed by atoms with E-state index in [0.717, 1.165) is 17.4 Å². The molecule has 84 valence electrons. The van der Waals surface area contributed by atoms with Crippen molar-refractivity contribution >= 4 is 11.3 Å². The third-order valence-corrected chi connectivity index (χ3v) is 2.30. The van der Waals surface area contributed by atoms with Crippen LogP contribution in [-0.2, 0) is 6.18 Å². The summed E-state index contributed by atoms with van der Waals surface area (Å²) in [6.07, 6.45) is -4.44. The molecular formula is C9H5F3N2OS. The Hall–Kier alpha value is -1.63. The average molecular weight is 246 g/mol. The summed E-state index contributed by atoms with van der Waals surface area (Å²) < 4.78 is 42.7. The van der Waals surface area contributed by atoms with E-state index in [9.17, 15) is 13.2 Å². The minimum atomic E-state index is -4.44. The highest BCUT2D eigenvalue weighted by atomic mass is 32.1. The van der Waals surface area contributed by atoms with E-state index in [4.69, 9.17) is 4.74 Å². The van der Waals surface area contributed by atoms with Crippen LogP contribution >= 0.6 is 11.3 Å². The van der Waals surface area contributed by atoms with E-state index in [0.29, 0.717) is 0 Å². The zero-order valence-corrected chi connectivity index (χ0v) is 8.55. The molecule has 0 atom stereocenters. The molecule has 3 nitrogen and oxygen atoms in total. The van der Waals surface area contributed by atoms with Crippen molar-refractivity contribution in [1.29, 1.82) is 0 Å². The molecule has 0 aliphatic carbocycles. The molecule has 7 heteroatoms. The summed E-state index contributed by atoms with van der Waals surface area (Å²) in [4.78, 5) is 0. The zero-order chi connectivity index (χ0) is 11.6. The van der Waals surface area contributed by atoms with Gasteiger partial charge in [-0.25, -0.2) is 0 Å². The largest absolute Gasteiger partial charge is 0.429 e. The maximum Gasteiger partial charge on any atom is 0.419 e. The number of alkyl halides is 3. The van der Waals surface area contributed by atoms with Crippen LogP contribution in [0.5, 0.6) is 10.9 Å². The highest BCUT2D eigenvalue weighted by Crippen LogP contribution is 2.37. The van der Waals surface area contributed by atoms with E-state index in [1.807, 2.05) is 0 Å². The van der Waals surface area contributed by atoms with Gasteiger partial charge < -0.3 is 4.74 Å². The lowest BCUT2D eigenvalue weighted by molar-refractivity contribution is -0.138. The fraction of sp³-hybridized carbons (Fsp3) is 0.111. The van der Waals surface area contributed by atoms with Gasteiger partial charge in [0.1, 0.15) is 11.3 Å². The van der Waals surface area contributed by atoms with Crippen molar-refractivity contribution in [2.24, 2.45) is 0 Å². The van der Waals surface area contributed by atoms with Crippen LogP contribution in [0, 0.1) is 0 Å². The predicted octanol–water partition coefficient (Wildman–Crippen LogP) is 3.35. The van der Waals surface area contributed by atoms with E-state index in [1.165, 1.54) is 23.7 Å². The first-order chi connectivity index (χ1) is 7.57.